The van der Waals surface area contributed by atoms with Crippen molar-refractivity contribution in [2.45, 2.75) is 12.5 Å². The predicted octanol–water partition coefficient (Wildman–Crippen LogP) is 0.0136. The summed E-state index contributed by atoms with van der Waals surface area (Å²) in [4.78, 5) is 0. The maximum absolute atomic E-state index is 8.63. The van der Waals surface area contributed by atoms with E-state index >= 15 is 0 Å². The zero-order valence-corrected chi connectivity index (χ0v) is 4.71. The van der Waals surface area contributed by atoms with Crippen LogP contribution in [0.5, 0.6) is 0 Å². The Morgan fingerprint density at radius 1 is 1.62 bits per heavy atom. The monoisotopic (exact) mass is 114 g/mol. The molecule has 46 valence electrons. The number of fused-ring (bicyclic) bond motifs is 1. The molecule has 2 aliphatic rings. The summed E-state index contributed by atoms with van der Waals surface area (Å²) < 4.78 is 5.27. The normalized spacial score (nSPS) is 51.4. The molecule has 0 radical (unpaired) electrons. The lowest BCUT2D eigenvalue weighted by molar-refractivity contribution is 0.119. The molecule has 0 amide bonds. The van der Waals surface area contributed by atoms with Crippen LogP contribution < -0.4 is 0 Å². The Kier molecular flexibility index (Phi) is 0.866. The van der Waals surface area contributed by atoms with Gasteiger partial charge in [0.1, 0.15) is 0 Å². The summed E-state index contributed by atoms with van der Waals surface area (Å²) in [5.41, 5.74) is 0. The van der Waals surface area contributed by atoms with Crippen LogP contribution in [-0.4, -0.2) is 24.4 Å². The molecular formula is C6H10O2. The van der Waals surface area contributed by atoms with E-state index in [2.05, 4.69) is 0 Å². The molecule has 0 spiro atoms. The number of hydrogen-bond donors (Lipinski definition) is 1. The van der Waals surface area contributed by atoms with Gasteiger partial charge >= 0.3 is 0 Å². The fourth-order valence-electron chi connectivity index (χ4n) is 1.61. The molecule has 2 fully saturated rings. The van der Waals surface area contributed by atoms with E-state index in [4.69, 9.17) is 9.84 Å². The van der Waals surface area contributed by atoms with Gasteiger partial charge in [-0.15, -0.1) is 0 Å². The largest absolute Gasteiger partial charge is 0.396 e. The van der Waals surface area contributed by atoms with Gasteiger partial charge in [0.2, 0.25) is 0 Å². The van der Waals surface area contributed by atoms with Crippen LogP contribution in [0.3, 0.4) is 0 Å². The van der Waals surface area contributed by atoms with Gasteiger partial charge in [0, 0.05) is 19.1 Å². The molecule has 0 unspecified atom stereocenters. The number of rotatable bonds is 1. The molecular weight excluding hydrogens is 104 g/mol. The van der Waals surface area contributed by atoms with E-state index in [1.54, 1.807) is 0 Å². The number of hydrogen-bond acceptors (Lipinski definition) is 2. The highest BCUT2D eigenvalue weighted by atomic mass is 16.5. The second-order valence-electron chi connectivity index (χ2n) is 2.63. The maximum atomic E-state index is 8.63. The van der Waals surface area contributed by atoms with Crippen LogP contribution in [0, 0.1) is 11.8 Å². The fourth-order valence-corrected chi connectivity index (χ4v) is 1.61. The molecule has 1 aliphatic carbocycles. The Bertz CT molecular complexity index is 85.9. The lowest BCUT2D eigenvalue weighted by Gasteiger charge is -1.96. The van der Waals surface area contributed by atoms with Crippen LogP contribution in [-0.2, 0) is 4.74 Å². The molecule has 1 heterocycles. The Morgan fingerprint density at radius 3 is 2.88 bits per heavy atom. The van der Waals surface area contributed by atoms with E-state index in [-0.39, 0.29) is 0 Å². The minimum atomic E-state index is 0.329. The highest BCUT2D eigenvalue weighted by Crippen LogP contribution is 2.48. The van der Waals surface area contributed by atoms with Crippen molar-refractivity contribution < 1.29 is 9.84 Å². The van der Waals surface area contributed by atoms with E-state index in [9.17, 15) is 0 Å². The number of ether oxygens (including phenoxy) is 1. The standard InChI is InChI=1S/C6H10O2/c7-3-5-4-1-2-8-6(4)5/h4-7H,1-3H2/t4-,5+,6-/m1/s1. The number of aliphatic hydroxyl groups is 1. The van der Waals surface area contributed by atoms with Crippen molar-refractivity contribution in [3.8, 4) is 0 Å². The highest BCUT2D eigenvalue weighted by molar-refractivity contribution is 5.01. The summed E-state index contributed by atoms with van der Waals surface area (Å²) in [6.45, 7) is 1.25. The average Bonchev–Trinajstić information content (AvgIpc) is 2.22. The maximum Gasteiger partial charge on any atom is 0.0662 e. The van der Waals surface area contributed by atoms with Crippen LogP contribution in [0.1, 0.15) is 6.42 Å². The summed E-state index contributed by atoms with van der Waals surface area (Å²) in [6, 6.07) is 0. The van der Waals surface area contributed by atoms with Crippen molar-refractivity contribution in [3.05, 3.63) is 0 Å². The smallest absolute Gasteiger partial charge is 0.0662 e. The average molecular weight is 114 g/mol. The molecule has 8 heavy (non-hydrogen) atoms. The predicted molar refractivity (Wildman–Crippen MR) is 28.4 cm³/mol. The first-order valence-corrected chi connectivity index (χ1v) is 3.16. The van der Waals surface area contributed by atoms with Crippen LogP contribution in [0.25, 0.3) is 0 Å². The van der Waals surface area contributed by atoms with Gasteiger partial charge in [-0.25, -0.2) is 0 Å². The van der Waals surface area contributed by atoms with Gasteiger partial charge in [-0.1, -0.05) is 0 Å². The van der Waals surface area contributed by atoms with Crippen LogP contribution in [0.4, 0.5) is 0 Å². The van der Waals surface area contributed by atoms with Crippen molar-refractivity contribution >= 4 is 0 Å². The first-order valence-electron chi connectivity index (χ1n) is 3.16. The molecule has 1 saturated heterocycles. The lowest BCUT2D eigenvalue weighted by Crippen LogP contribution is -1.99. The Labute approximate surface area is 48.5 Å². The first kappa shape index (κ1) is 4.77. The molecule has 0 aromatic carbocycles. The molecule has 2 nitrogen and oxygen atoms in total. The van der Waals surface area contributed by atoms with Gasteiger partial charge < -0.3 is 9.84 Å². The molecule has 3 atom stereocenters. The van der Waals surface area contributed by atoms with Crippen LogP contribution >= 0.6 is 0 Å². The summed E-state index contributed by atoms with van der Waals surface area (Å²) in [5.74, 6) is 1.23. The van der Waals surface area contributed by atoms with Gasteiger partial charge in [0.15, 0.2) is 0 Å². The Balaban J connectivity index is 1.94. The summed E-state index contributed by atoms with van der Waals surface area (Å²) in [5, 5.41) is 8.63. The SMILES string of the molecule is OC[C@H]1[C@H]2CCO[C@H]21. The molecule has 0 aromatic rings. The second-order valence-corrected chi connectivity index (χ2v) is 2.63. The Hall–Kier alpha value is -0.0800. The van der Waals surface area contributed by atoms with Gasteiger partial charge in [0.05, 0.1) is 6.10 Å². The summed E-state index contributed by atoms with van der Waals surface area (Å²) in [7, 11) is 0. The molecule has 1 saturated carbocycles. The zero-order chi connectivity index (χ0) is 5.56. The quantitative estimate of drug-likeness (QED) is 0.520. The van der Waals surface area contributed by atoms with E-state index in [0.29, 0.717) is 18.6 Å². The topological polar surface area (TPSA) is 29.5 Å². The summed E-state index contributed by atoms with van der Waals surface area (Å²) in [6.07, 6.45) is 1.62. The minimum Gasteiger partial charge on any atom is -0.396 e. The van der Waals surface area contributed by atoms with Crippen LogP contribution in [0.2, 0.25) is 0 Å². The van der Waals surface area contributed by atoms with Crippen LogP contribution in [0.15, 0.2) is 0 Å². The van der Waals surface area contributed by atoms with Gasteiger partial charge in [-0.3, -0.25) is 0 Å². The molecule has 0 bridgehead atoms. The fraction of sp³-hybridized carbons (Fsp3) is 1.00. The van der Waals surface area contributed by atoms with Crippen molar-refractivity contribution in [3.63, 3.8) is 0 Å². The van der Waals surface area contributed by atoms with E-state index in [1.165, 1.54) is 6.42 Å². The molecule has 1 N–H and O–H groups in total. The molecule has 1 aliphatic heterocycles. The number of aliphatic hydroxyl groups excluding tert-OH is 1. The third-order valence-corrected chi connectivity index (χ3v) is 2.23. The zero-order valence-electron chi connectivity index (χ0n) is 4.71. The van der Waals surface area contributed by atoms with Crippen molar-refractivity contribution in [1.29, 1.82) is 0 Å². The third kappa shape index (κ3) is 0.446. The van der Waals surface area contributed by atoms with Crippen molar-refractivity contribution in [2.24, 2.45) is 11.8 Å². The second kappa shape index (κ2) is 1.45. The van der Waals surface area contributed by atoms with Gasteiger partial charge in [0.25, 0.3) is 0 Å². The van der Waals surface area contributed by atoms with Crippen molar-refractivity contribution in [1.82, 2.24) is 0 Å². The van der Waals surface area contributed by atoms with Gasteiger partial charge in [-0.2, -0.15) is 0 Å². The first-order chi connectivity index (χ1) is 3.93. The lowest BCUT2D eigenvalue weighted by atomic mass is 10.2. The molecule has 2 heteroatoms. The molecule has 0 aromatic heterocycles. The van der Waals surface area contributed by atoms with Gasteiger partial charge in [-0.05, 0) is 12.3 Å². The molecule has 2 rings (SSSR count). The summed E-state index contributed by atoms with van der Waals surface area (Å²) >= 11 is 0. The minimum absolute atomic E-state index is 0.329. The van der Waals surface area contributed by atoms with E-state index < -0.39 is 0 Å². The van der Waals surface area contributed by atoms with E-state index in [1.807, 2.05) is 0 Å². The van der Waals surface area contributed by atoms with E-state index in [0.717, 1.165) is 12.5 Å². The third-order valence-electron chi connectivity index (χ3n) is 2.23. The Morgan fingerprint density at radius 2 is 2.50 bits per heavy atom. The van der Waals surface area contributed by atoms with Crippen molar-refractivity contribution in [2.75, 3.05) is 13.2 Å². The highest BCUT2D eigenvalue weighted by Gasteiger charge is 2.53.